The number of aromatic nitrogens is 1. The van der Waals surface area contributed by atoms with Gasteiger partial charge in [-0.25, -0.2) is 0 Å². The molecule has 2 bridgehead atoms. The summed E-state index contributed by atoms with van der Waals surface area (Å²) < 4.78 is 6.36. The van der Waals surface area contributed by atoms with Crippen LogP contribution in [0.25, 0.3) is 0 Å². The largest absolute Gasteiger partial charge is 0.487 e. The highest BCUT2D eigenvalue weighted by atomic mass is 35.5. The van der Waals surface area contributed by atoms with Crippen molar-refractivity contribution in [3.63, 3.8) is 0 Å². The van der Waals surface area contributed by atoms with Gasteiger partial charge in [0.25, 0.3) is 0 Å². The molecule has 1 amide bonds. The number of rotatable bonds is 4. The normalized spacial score (nSPS) is 21.0. The van der Waals surface area contributed by atoms with Gasteiger partial charge in [0, 0.05) is 36.9 Å². The quantitative estimate of drug-likeness (QED) is 0.632. The fourth-order valence-electron chi connectivity index (χ4n) is 4.32. The van der Waals surface area contributed by atoms with E-state index in [9.17, 15) is 4.79 Å². The number of carbonyl (C=O) groups excluding carboxylic acids is 1. The van der Waals surface area contributed by atoms with Gasteiger partial charge in [-0.2, -0.15) is 0 Å². The van der Waals surface area contributed by atoms with Gasteiger partial charge in [0.1, 0.15) is 11.9 Å². The van der Waals surface area contributed by atoms with Crippen LogP contribution in [-0.4, -0.2) is 34.5 Å². The number of fused-ring (bicyclic) bond motifs is 3. The molecule has 0 N–H and O–H groups in total. The number of benzene rings is 2. The van der Waals surface area contributed by atoms with Crippen molar-refractivity contribution >= 4 is 23.2 Å². The SMILES string of the molecule is O=C1C2CC(CN2Cc2ccccc2Cl)Oc2ccccc2N1Cc1cccnc1. The maximum atomic E-state index is 13.8. The summed E-state index contributed by atoms with van der Waals surface area (Å²) >= 11 is 6.40. The second-order valence-corrected chi connectivity index (χ2v) is 8.17. The minimum atomic E-state index is -0.253. The van der Waals surface area contributed by atoms with Crippen molar-refractivity contribution in [1.29, 1.82) is 0 Å². The summed E-state index contributed by atoms with van der Waals surface area (Å²) in [6.07, 6.45) is 4.18. The molecule has 6 heteroatoms. The van der Waals surface area contributed by atoms with E-state index in [0.717, 1.165) is 27.6 Å². The molecule has 5 rings (SSSR count). The van der Waals surface area contributed by atoms with E-state index in [-0.39, 0.29) is 18.1 Å². The zero-order valence-electron chi connectivity index (χ0n) is 16.4. The summed E-state index contributed by atoms with van der Waals surface area (Å²) in [5.41, 5.74) is 2.81. The molecule has 1 saturated heterocycles. The van der Waals surface area contributed by atoms with Crippen LogP contribution in [0, 0.1) is 0 Å². The molecule has 2 atom stereocenters. The van der Waals surface area contributed by atoms with E-state index in [1.54, 1.807) is 12.4 Å². The summed E-state index contributed by atoms with van der Waals surface area (Å²) in [6.45, 7) is 1.76. The van der Waals surface area contributed by atoms with Crippen LogP contribution in [0.5, 0.6) is 5.75 Å². The predicted octanol–water partition coefficient (Wildman–Crippen LogP) is 4.30. The third-order valence-corrected chi connectivity index (χ3v) is 6.13. The van der Waals surface area contributed by atoms with Crippen LogP contribution in [-0.2, 0) is 17.9 Å². The van der Waals surface area contributed by atoms with Crippen molar-refractivity contribution in [2.45, 2.75) is 31.7 Å². The third kappa shape index (κ3) is 3.66. The molecule has 1 aromatic heterocycles. The monoisotopic (exact) mass is 419 g/mol. The van der Waals surface area contributed by atoms with Gasteiger partial charge in [-0.3, -0.25) is 14.7 Å². The number of ether oxygens (including phenoxy) is 1. The highest BCUT2D eigenvalue weighted by Gasteiger charge is 2.42. The van der Waals surface area contributed by atoms with Gasteiger partial charge in [-0.15, -0.1) is 0 Å². The average molecular weight is 420 g/mol. The third-order valence-electron chi connectivity index (χ3n) is 5.76. The smallest absolute Gasteiger partial charge is 0.244 e. The minimum absolute atomic E-state index is 0.0249. The van der Waals surface area contributed by atoms with Gasteiger partial charge in [-0.05, 0) is 35.4 Å². The molecule has 3 heterocycles. The Kier molecular flexibility index (Phi) is 5.15. The molecule has 0 spiro atoms. The number of para-hydroxylation sites is 2. The Morgan fingerprint density at radius 1 is 1.03 bits per heavy atom. The molecule has 0 radical (unpaired) electrons. The van der Waals surface area contributed by atoms with Crippen molar-refractivity contribution in [2.75, 3.05) is 11.4 Å². The van der Waals surface area contributed by atoms with Gasteiger partial charge in [0.2, 0.25) is 5.91 Å². The molecular formula is C24H22ClN3O2. The second-order valence-electron chi connectivity index (χ2n) is 7.77. The van der Waals surface area contributed by atoms with Crippen molar-refractivity contribution in [1.82, 2.24) is 9.88 Å². The van der Waals surface area contributed by atoms with Crippen LogP contribution in [0.15, 0.2) is 73.1 Å². The molecular weight excluding hydrogens is 398 g/mol. The molecule has 5 nitrogen and oxygen atoms in total. The summed E-state index contributed by atoms with van der Waals surface area (Å²) in [7, 11) is 0. The van der Waals surface area contributed by atoms with Crippen LogP contribution >= 0.6 is 11.6 Å². The number of halogens is 1. The highest BCUT2D eigenvalue weighted by molar-refractivity contribution is 6.31. The van der Waals surface area contributed by atoms with Gasteiger partial charge in [0.15, 0.2) is 0 Å². The molecule has 2 aromatic carbocycles. The van der Waals surface area contributed by atoms with E-state index in [2.05, 4.69) is 9.88 Å². The lowest BCUT2D eigenvalue weighted by atomic mass is 10.1. The van der Waals surface area contributed by atoms with Crippen molar-refractivity contribution in [2.24, 2.45) is 0 Å². The summed E-state index contributed by atoms with van der Waals surface area (Å²) in [6, 6.07) is 19.2. The number of hydrogen-bond donors (Lipinski definition) is 0. The minimum Gasteiger partial charge on any atom is -0.487 e. The lowest BCUT2D eigenvalue weighted by Gasteiger charge is -2.32. The molecule has 2 aliphatic rings. The predicted molar refractivity (Wildman–Crippen MR) is 117 cm³/mol. The Morgan fingerprint density at radius 3 is 2.70 bits per heavy atom. The second kappa shape index (κ2) is 8.09. The maximum Gasteiger partial charge on any atom is 0.244 e. The van der Waals surface area contributed by atoms with E-state index >= 15 is 0 Å². The Morgan fingerprint density at radius 2 is 1.87 bits per heavy atom. The molecule has 2 unspecified atom stereocenters. The van der Waals surface area contributed by atoms with Crippen LogP contribution in [0.2, 0.25) is 5.02 Å². The molecule has 1 fully saturated rings. The fraction of sp³-hybridized carbons (Fsp3) is 0.250. The maximum absolute atomic E-state index is 13.8. The van der Waals surface area contributed by atoms with Crippen LogP contribution < -0.4 is 9.64 Å². The standard InChI is InChI=1S/C24H22ClN3O2/c25-20-8-2-1-7-18(20)15-27-16-19-12-22(27)24(29)28(14-17-6-5-11-26-13-17)21-9-3-4-10-23(21)30-19/h1-11,13,19,22H,12,14-16H2. The lowest BCUT2D eigenvalue weighted by molar-refractivity contribution is -0.123. The van der Waals surface area contributed by atoms with Crippen molar-refractivity contribution in [3.05, 3.63) is 89.2 Å². The first kappa shape index (κ1) is 19.1. The first-order chi connectivity index (χ1) is 14.7. The van der Waals surface area contributed by atoms with Crippen molar-refractivity contribution < 1.29 is 9.53 Å². The number of amides is 1. The first-order valence-electron chi connectivity index (χ1n) is 10.1. The molecule has 30 heavy (non-hydrogen) atoms. The van der Waals surface area contributed by atoms with E-state index in [0.29, 0.717) is 26.1 Å². The van der Waals surface area contributed by atoms with Crippen molar-refractivity contribution in [3.8, 4) is 5.75 Å². The van der Waals surface area contributed by atoms with Crippen LogP contribution in [0.3, 0.4) is 0 Å². The summed E-state index contributed by atoms with van der Waals surface area (Å²) in [5.74, 6) is 0.835. The van der Waals surface area contributed by atoms with E-state index < -0.39 is 0 Å². The number of hydrogen-bond acceptors (Lipinski definition) is 4. The average Bonchev–Trinajstić information content (AvgIpc) is 3.17. The van der Waals surface area contributed by atoms with E-state index in [1.807, 2.05) is 65.6 Å². The van der Waals surface area contributed by atoms with Gasteiger partial charge in [-0.1, -0.05) is 48.0 Å². The first-order valence-corrected chi connectivity index (χ1v) is 10.5. The lowest BCUT2D eigenvalue weighted by Crippen LogP contribution is -2.45. The fourth-order valence-corrected chi connectivity index (χ4v) is 4.51. The topological polar surface area (TPSA) is 45.7 Å². The highest BCUT2D eigenvalue weighted by Crippen LogP contribution is 2.37. The van der Waals surface area contributed by atoms with Gasteiger partial charge in [0.05, 0.1) is 18.3 Å². The summed E-state index contributed by atoms with van der Waals surface area (Å²) in [5, 5.41) is 0.721. The van der Waals surface area contributed by atoms with Crippen LogP contribution in [0.4, 0.5) is 5.69 Å². The Hall–Kier alpha value is -2.89. The Labute approximate surface area is 180 Å². The molecule has 2 aliphatic heterocycles. The Balaban J connectivity index is 1.50. The molecule has 3 aromatic rings. The molecule has 0 saturated carbocycles. The summed E-state index contributed by atoms with van der Waals surface area (Å²) in [4.78, 5) is 22.0. The molecule has 0 aliphatic carbocycles. The number of likely N-dealkylation sites (tertiary alicyclic amines) is 1. The molecule has 152 valence electrons. The van der Waals surface area contributed by atoms with Gasteiger partial charge >= 0.3 is 0 Å². The number of pyridine rings is 1. The van der Waals surface area contributed by atoms with Crippen LogP contribution in [0.1, 0.15) is 17.5 Å². The number of anilines is 1. The zero-order chi connectivity index (χ0) is 20.5. The number of nitrogens with zero attached hydrogens (tertiary/aromatic N) is 3. The van der Waals surface area contributed by atoms with E-state index in [1.165, 1.54) is 0 Å². The Bertz CT molecular complexity index is 1060. The number of carbonyl (C=O) groups is 1. The van der Waals surface area contributed by atoms with E-state index in [4.69, 9.17) is 16.3 Å². The van der Waals surface area contributed by atoms with Gasteiger partial charge < -0.3 is 9.64 Å². The zero-order valence-corrected chi connectivity index (χ0v) is 17.2.